The number of hydrogen-bond acceptors (Lipinski definition) is 3. The van der Waals surface area contributed by atoms with E-state index in [9.17, 15) is 12.8 Å². The number of anilines is 1. The van der Waals surface area contributed by atoms with Crippen LogP contribution in [0.4, 0.5) is 10.1 Å². The van der Waals surface area contributed by atoms with Gasteiger partial charge >= 0.3 is 0 Å². The molecule has 0 aromatic heterocycles. The van der Waals surface area contributed by atoms with Gasteiger partial charge in [-0.05, 0) is 30.9 Å². The Kier molecular flexibility index (Phi) is 4.03. The van der Waals surface area contributed by atoms with Gasteiger partial charge in [-0.2, -0.15) is 4.31 Å². The molecule has 2 N–H and O–H groups in total. The average molecular weight is 307 g/mol. The molecule has 7 heteroatoms. The number of nitrogen functional groups attached to an aromatic ring is 1. The van der Waals surface area contributed by atoms with E-state index in [4.69, 9.17) is 17.3 Å². The van der Waals surface area contributed by atoms with Crippen molar-refractivity contribution in [3.63, 3.8) is 0 Å². The monoisotopic (exact) mass is 306 g/mol. The van der Waals surface area contributed by atoms with Crippen LogP contribution < -0.4 is 5.73 Å². The van der Waals surface area contributed by atoms with Crippen molar-refractivity contribution in [2.24, 2.45) is 5.92 Å². The quantitative estimate of drug-likeness (QED) is 0.854. The minimum atomic E-state index is -3.71. The molecule has 0 aliphatic carbocycles. The largest absolute Gasteiger partial charge is 0.396 e. The van der Waals surface area contributed by atoms with Gasteiger partial charge in [0.15, 0.2) is 0 Å². The van der Waals surface area contributed by atoms with Crippen molar-refractivity contribution in [1.29, 1.82) is 0 Å². The van der Waals surface area contributed by atoms with E-state index in [1.54, 1.807) is 0 Å². The van der Waals surface area contributed by atoms with E-state index < -0.39 is 15.8 Å². The van der Waals surface area contributed by atoms with Gasteiger partial charge in [-0.25, -0.2) is 12.8 Å². The molecule has 1 aromatic carbocycles. The number of halogens is 2. The molecule has 1 unspecified atom stereocenters. The number of rotatable bonds is 2. The zero-order valence-electron chi connectivity index (χ0n) is 10.6. The maximum absolute atomic E-state index is 13.2. The van der Waals surface area contributed by atoms with Crippen molar-refractivity contribution >= 4 is 27.3 Å². The zero-order valence-corrected chi connectivity index (χ0v) is 12.1. The molecule has 0 bridgehead atoms. The Balaban J connectivity index is 2.42. The summed E-state index contributed by atoms with van der Waals surface area (Å²) in [4.78, 5) is -0.123. The number of nitrogens with zero attached hydrogens (tertiary/aromatic N) is 1. The summed E-state index contributed by atoms with van der Waals surface area (Å²) in [6.45, 7) is 2.92. The first kappa shape index (κ1) is 14.6. The normalized spacial score (nSPS) is 21.5. The molecule has 0 radical (unpaired) electrons. The van der Waals surface area contributed by atoms with Crippen LogP contribution in [-0.2, 0) is 10.0 Å². The van der Waals surface area contributed by atoms with E-state index in [1.807, 2.05) is 6.92 Å². The van der Waals surface area contributed by atoms with Crippen LogP contribution in [0.1, 0.15) is 19.8 Å². The zero-order chi connectivity index (χ0) is 14.2. The fraction of sp³-hybridized carbons (Fsp3) is 0.500. The number of benzene rings is 1. The maximum atomic E-state index is 13.2. The van der Waals surface area contributed by atoms with Crippen molar-refractivity contribution in [2.45, 2.75) is 24.7 Å². The van der Waals surface area contributed by atoms with Crippen LogP contribution >= 0.6 is 11.6 Å². The highest BCUT2D eigenvalue weighted by Crippen LogP contribution is 2.30. The second-order valence-electron chi connectivity index (χ2n) is 4.91. The smallest absolute Gasteiger partial charge is 0.244 e. The molecule has 0 spiro atoms. The van der Waals surface area contributed by atoms with Gasteiger partial charge in [0.25, 0.3) is 0 Å². The van der Waals surface area contributed by atoms with Crippen molar-refractivity contribution in [3.8, 4) is 0 Å². The summed E-state index contributed by atoms with van der Waals surface area (Å²) in [5.74, 6) is -0.406. The molecule has 1 aliphatic heterocycles. The fourth-order valence-corrected chi connectivity index (χ4v) is 4.37. The predicted octanol–water partition coefficient (Wildman–Crippen LogP) is 2.48. The van der Waals surface area contributed by atoms with Crippen LogP contribution in [0.2, 0.25) is 5.02 Å². The van der Waals surface area contributed by atoms with Crippen LogP contribution in [0.5, 0.6) is 0 Å². The van der Waals surface area contributed by atoms with Crippen LogP contribution in [0.25, 0.3) is 0 Å². The summed E-state index contributed by atoms with van der Waals surface area (Å²) < 4.78 is 39.6. The lowest BCUT2D eigenvalue weighted by molar-refractivity contribution is 0.281. The van der Waals surface area contributed by atoms with Gasteiger partial charge in [-0.1, -0.05) is 18.5 Å². The topological polar surface area (TPSA) is 63.4 Å². The minimum Gasteiger partial charge on any atom is -0.396 e. The molecule has 1 saturated heterocycles. The summed E-state index contributed by atoms with van der Waals surface area (Å²) in [6, 6.07) is 2.03. The molecule has 106 valence electrons. The Morgan fingerprint density at radius 2 is 2.16 bits per heavy atom. The first-order valence-electron chi connectivity index (χ1n) is 6.07. The van der Waals surface area contributed by atoms with Gasteiger partial charge in [-0.15, -0.1) is 0 Å². The second kappa shape index (κ2) is 5.26. The van der Waals surface area contributed by atoms with Gasteiger partial charge in [0.1, 0.15) is 10.7 Å². The predicted molar refractivity (Wildman–Crippen MR) is 73.0 cm³/mol. The van der Waals surface area contributed by atoms with Crippen LogP contribution in [0.15, 0.2) is 17.0 Å². The van der Waals surface area contributed by atoms with Crippen molar-refractivity contribution in [3.05, 3.63) is 23.0 Å². The molecule has 1 atom stereocenters. The molecule has 1 fully saturated rings. The van der Waals surface area contributed by atoms with Gasteiger partial charge in [0, 0.05) is 13.1 Å². The average Bonchev–Trinajstić information content (AvgIpc) is 2.33. The summed E-state index contributed by atoms with van der Waals surface area (Å²) in [7, 11) is -3.71. The van der Waals surface area contributed by atoms with E-state index in [1.165, 1.54) is 4.31 Å². The molecule has 2 rings (SSSR count). The lowest BCUT2D eigenvalue weighted by Gasteiger charge is -2.30. The van der Waals surface area contributed by atoms with E-state index in [-0.39, 0.29) is 15.6 Å². The molecular weight excluding hydrogens is 291 g/mol. The summed E-state index contributed by atoms with van der Waals surface area (Å²) in [6.07, 6.45) is 1.82. The fourth-order valence-electron chi connectivity index (χ4n) is 2.25. The first-order valence-corrected chi connectivity index (χ1v) is 7.89. The summed E-state index contributed by atoms with van der Waals surface area (Å²) >= 11 is 5.84. The highest BCUT2D eigenvalue weighted by Gasteiger charge is 2.30. The van der Waals surface area contributed by atoms with E-state index in [2.05, 4.69) is 0 Å². The van der Waals surface area contributed by atoms with Gasteiger partial charge in [0.05, 0.1) is 10.7 Å². The molecule has 4 nitrogen and oxygen atoms in total. The Morgan fingerprint density at radius 1 is 1.47 bits per heavy atom. The third-order valence-electron chi connectivity index (χ3n) is 3.29. The Labute approximate surface area is 117 Å². The molecule has 1 aliphatic rings. The SMILES string of the molecule is CC1CCCN(S(=O)(=O)c2cc(N)c(F)cc2Cl)C1. The third kappa shape index (κ3) is 2.85. The number of nitrogens with two attached hydrogens (primary N) is 1. The van der Waals surface area contributed by atoms with Crippen LogP contribution in [0.3, 0.4) is 0 Å². The maximum Gasteiger partial charge on any atom is 0.244 e. The molecule has 19 heavy (non-hydrogen) atoms. The molecule has 1 aromatic rings. The Bertz CT molecular complexity index is 592. The second-order valence-corrected chi connectivity index (χ2v) is 7.23. The summed E-state index contributed by atoms with van der Waals surface area (Å²) in [5, 5.41) is -0.134. The van der Waals surface area contributed by atoms with Crippen molar-refractivity contribution < 1.29 is 12.8 Å². The van der Waals surface area contributed by atoms with Crippen LogP contribution in [-0.4, -0.2) is 25.8 Å². The lowest BCUT2D eigenvalue weighted by atomic mass is 10.0. The molecular formula is C12H16ClFN2O2S. The molecule has 1 heterocycles. The van der Waals surface area contributed by atoms with Crippen LogP contribution in [0, 0.1) is 11.7 Å². The molecule has 0 amide bonds. The van der Waals surface area contributed by atoms with Crippen molar-refractivity contribution in [2.75, 3.05) is 18.8 Å². The minimum absolute atomic E-state index is 0.123. The van der Waals surface area contributed by atoms with Gasteiger partial charge in [0.2, 0.25) is 10.0 Å². The van der Waals surface area contributed by atoms with Gasteiger partial charge < -0.3 is 5.73 Å². The molecule has 0 saturated carbocycles. The number of piperidine rings is 1. The standard InChI is InChI=1S/C12H16ClFN2O2S/c1-8-3-2-4-16(7-8)19(17,18)12-6-11(15)10(14)5-9(12)13/h5-6,8H,2-4,7,15H2,1H3. The van der Waals surface area contributed by atoms with Gasteiger partial charge in [-0.3, -0.25) is 0 Å². The first-order chi connectivity index (χ1) is 8.82. The van der Waals surface area contributed by atoms with E-state index in [0.717, 1.165) is 25.0 Å². The van der Waals surface area contributed by atoms with E-state index >= 15 is 0 Å². The lowest BCUT2D eigenvalue weighted by Crippen LogP contribution is -2.39. The Morgan fingerprint density at radius 3 is 2.79 bits per heavy atom. The summed E-state index contributed by atoms with van der Waals surface area (Å²) in [5.41, 5.74) is 5.21. The highest BCUT2D eigenvalue weighted by atomic mass is 35.5. The van der Waals surface area contributed by atoms with Crippen molar-refractivity contribution in [1.82, 2.24) is 4.31 Å². The number of sulfonamides is 1. The number of hydrogen-bond donors (Lipinski definition) is 1. The third-order valence-corrected chi connectivity index (χ3v) is 5.62. The Hall–Kier alpha value is -0.850. The highest BCUT2D eigenvalue weighted by molar-refractivity contribution is 7.89. The van der Waals surface area contributed by atoms with E-state index in [0.29, 0.717) is 19.0 Å².